The lowest BCUT2D eigenvalue weighted by Gasteiger charge is -1.97. The van der Waals surface area contributed by atoms with E-state index in [2.05, 4.69) is 17.2 Å². The van der Waals surface area contributed by atoms with E-state index in [0.717, 1.165) is 17.7 Å². The van der Waals surface area contributed by atoms with Crippen molar-refractivity contribution in [1.82, 2.24) is 0 Å². The number of benzene rings is 1. The van der Waals surface area contributed by atoms with Gasteiger partial charge in [-0.15, -0.1) is 11.6 Å². The minimum Gasteiger partial charge on any atom is -0.388 e. The Morgan fingerprint density at radius 1 is 1.31 bits per heavy atom. The van der Waals surface area contributed by atoms with Gasteiger partial charge in [0.2, 0.25) is 0 Å². The van der Waals surface area contributed by atoms with Crippen molar-refractivity contribution < 1.29 is 0 Å². The second kappa shape index (κ2) is 5.50. The molecule has 1 rings (SSSR count). The standard InChI is InChI=1S/C11H12ClN/c1-13-11-7-5-10(6-8-11)4-2-3-9-12/h5-8,13H,3,9H2,1H3. The van der Waals surface area contributed by atoms with E-state index in [9.17, 15) is 0 Å². The Kier molecular flexibility index (Phi) is 4.21. The summed E-state index contributed by atoms with van der Waals surface area (Å²) < 4.78 is 0. The summed E-state index contributed by atoms with van der Waals surface area (Å²) in [5.74, 6) is 6.62. The fourth-order valence-corrected chi connectivity index (χ4v) is 1.03. The summed E-state index contributed by atoms with van der Waals surface area (Å²) in [6.07, 6.45) is 0.745. The molecular formula is C11H12ClN. The van der Waals surface area contributed by atoms with Crippen molar-refractivity contribution in [2.75, 3.05) is 18.2 Å². The van der Waals surface area contributed by atoms with Gasteiger partial charge in [-0.25, -0.2) is 0 Å². The average Bonchev–Trinajstić information content (AvgIpc) is 2.19. The first-order chi connectivity index (χ1) is 6.36. The van der Waals surface area contributed by atoms with E-state index in [1.807, 2.05) is 31.3 Å². The molecule has 1 aromatic carbocycles. The van der Waals surface area contributed by atoms with Crippen LogP contribution in [0.2, 0.25) is 0 Å². The quantitative estimate of drug-likeness (QED) is 0.563. The molecular weight excluding hydrogens is 182 g/mol. The predicted molar refractivity (Wildman–Crippen MR) is 58.2 cm³/mol. The average molecular weight is 194 g/mol. The maximum absolute atomic E-state index is 5.50. The molecule has 0 radical (unpaired) electrons. The molecule has 0 fully saturated rings. The predicted octanol–water partition coefficient (Wildman–Crippen LogP) is 2.71. The zero-order valence-corrected chi connectivity index (χ0v) is 8.36. The Balaban J connectivity index is 2.65. The Morgan fingerprint density at radius 2 is 2.00 bits per heavy atom. The van der Waals surface area contributed by atoms with Crippen LogP contribution in [0.1, 0.15) is 12.0 Å². The molecule has 0 aliphatic heterocycles. The highest BCUT2D eigenvalue weighted by molar-refractivity contribution is 6.18. The van der Waals surface area contributed by atoms with Crippen LogP contribution in [-0.2, 0) is 0 Å². The van der Waals surface area contributed by atoms with Crippen LogP contribution in [0.25, 0.3) is 0 Å². The molecule has 68 valence electrons. The van der Waals surface area contributed by atoms with Crippen LogP contribution in [0.15, 0.2) is 24.3 Å². The van der Waals surface area contributed by atoms with Gasteiger partial charge in [-0.05, 0) is 24.3 Å². The van der Waals surface area contributed by atoms with Gasteiger partial charge < -0.3 is 5.32 Å². The third-order valence-electron chi connectivity index (χ3n) is 1.63. The van der Waals surface area contributed by atoms with Crippen molar-refractivity contribution in [2.45, 2.75) is 6.42 Å². The fourth-order valence-electron chi connectivity index (χ4n) is 0.932. The third kappa shape index (κ3) is 3.40. The van der Waals surface area contributed by atoms with Gasteiger partial charge in [-0.3, -0.25) is 0 Å². The molecule has 0 saturated carbocycles. The molecule has 13 heavy (non-hydrogen) atoms. The third-order valence-corrected chi connectivity index (χ3v) is 1.81. The van der Waals surface area contributed by atoms with Gasteiger partial charge >= 0.3 is 0 Å². The van der Waals surface area contributed by atoms with Crippen LogP contribution in [-0.4, -0.2) is 12.9 Å². The Hall–Kier alpha value is -1.13. The fraction of sp³-hybridized carbons (Fsp3) is 0.273. The van der Waals surface area contributed by atoms with Gasteiger partial charge in [0, 0.05) is 30.6 Å². The second-order valence-corrected chi connectivity index (χ2v) is 2.95. The van der Waals surface area contributed by atoms with E-state index < -0.39 is 0 Å². The van der Waals surface area contributed by atoms with Crippen molar-refractivity contribution in [1.29, 1.82) is 0 Å². The van der Waals surface area contributed by atoms with Gasteiger partial charge in [0.05, 0.1) is 0 Å². The molecule has 0 amide bonds. The minimum absolute atomic E-state index is 0.599. The summed E-state index contributed by atoms with van der Waals surface area (Å²) in [5.41, 5.74) is 2.13. The molecule has 2 heteroatoms. The number of anilines is 1. The summed E-state index contributed by atoms with van der Waals surface area (Å²) in [7, 11) is 1.90. The monoisotopic (exact) mass is 193 g/mol. The highest BCUT2D eigenvalue weighted by Gasteiger charge is 1.87. The SMILES string of the molecule is CNc1ccc(C#CCCCl)cc1. The van der Waals surface area contributed by atoms with Crippen molar-refractivity contribution in [3.63, 3.8) is 0 Å². The van der Waals surface area contributed by atoms with Crippen LogP contribution in [0.4, 0.5) is 5.69 Å². The van der Waals surface area contributed by atoms with Crippen molar-refractivity contribution in [3.05, 3.63) is 29.8 Å². The highest BCUT2D eigenvalue weighted by Crippen LogP contribution is 2.07. The van der Waals surface area contributed by atoms with Gasteiger partial charge in [0.15, 0.2) is 0 Å². The van der Waals surface area contributed by atoms with Gasteiger partial charge in [-0.2, -0.15) is 0 Å². The molecule has 0 bridgehead atoms. The molecule has 1 nitrogen and oxygen atoms in total. The topological polar surface area (TPSA) is 12.0 Å². The maximum Gasteiger partial charge on any atom is 0.0338 e. The number of nitrogens with one attached hydrogen (secondary N) is 1. The molecule has 0 aromatic heterocycles. The lowest BCUT2D eigenvalue weighted by Crippen LogP contribution is -1.86. The Bertz CT molecular complexity index is 305. The zero-order valence-electron chi connectivity index (χ0n) is 7.60. The lowest BCUT2D eigenvalue weighted by atomic mass is 10.2. The van der Waals surface area contributed by atoms with E-state index in [-0.39, 0.29) is 0 Å². The van der Waals surface area contributed by atoms with Gasteiger partial charge in [-0.1, -0.05) is 11.8 Å². The smallest absolute Gasteiger partial charge is 0.0338 e. The van der Waals surface area contributed by atoms with Crippen molar-refractivity contribution >= 4 is 17.3 Å². The second-order valence-electron chi connectivity index (χ2n) is 2.57. The van der Waals surface area contributed by atoms with Crippen LogP contribution in [0.3, 0.4) is 0 Å². The first-order valence-electron chi connectivity index (χ1n) is 4.19. The minimum atomic E-state index is 0.599. The summed E-state index contributed by atoms with van der Waals surface area (Å²) in [6, 6.07) is 8.00. The molecule has 0 unspecified atom stereocenters. The van der Waals surface area contributed by atoms with Crippen LogP contribution in [0, 0.1) is 11.8 Å². The molecule has 0 heterocycles. The summed E-state index contributed by atoms with van der Waals surface area (Å²) in [6.45, 7) is 0. The van der Waals surface area contributed by atoms with Crippen LogP contribution in [0.5, 0.6) is 0 Å². The Morgan fingerprint density at radius 3 is 2.54 bits per heavy atom. The van der Waals surface area contributed by atoms with E-state index in [4.69, 9.17) is 11.6 Å². The van der Waals surface area contributed by atoms with Crippen LogP contribution >= 0.6 is 11.6 Å². The van der Waals surface area contributed by atoms with Gasteiger partial charge in [0.1, 0.15) is 0 Å². The van der Waals surface area contributed by atoms with Crippen LogP contribution < -0.4 is 5.32 Å². The number of halogens is 1. The van der Waals surface area contributed by atoms with Crippen molar-refractivity contribution in [2.24, 2.45) is 0 Å². The largest absolute Gasteiger partial charge is 0.388 e. The molecule has 1 aromatic rings. The highest BCUT2D eigenvalue weighted by atomic mass is 35.5. The zero-order chi connectivity index (χ0) is 9.52. The summed E-state index contributed by atoms with van der Waals surface area (Å²) in [5, 5.41) is 3.05. The number of rotatable bonds is 2. The van der Waals surface area contributed by atoms with Crippen molar-refractivity contribution in [3.8, 4) is 11.8 Å². The molecule has 0 aliphatic carbocycles. The molecule has 0 atom stereocenters. The Labute approximate surface area is 84.1 Å². The molecule has 0 spiro atoms. The lowest BCUT2D eigenvalue weighted by molar-refractivity contribution is 1.29. The molecule has 1 N–H and O–H groups in total. The first kappa shape index (κ1) is 9.95. The van der Waals surface area contributed by atoms with E-state index in [1.54, 1.807) is 0 Å². The molecule has 0 saturated heterocycles. The van der Waals surface area contributed by atoms with E-state index >= 15 is 0 Å². The maximum atomic E-state index is 5.50. The van der Waals surface area contributed by atoms with E-state index in [1.165, 1.54) is 0 Å². The summed E-state index contributed by atoms with van der Waals surface area (Å²) in [4.78, 5) is 0. The van der Waals surface area contributed by atoms with Gasteiger partial charge in [0.25, 0.3) is 0 Å². The summed E-state index contributed by atoms with van der Waals surface area (Å²) >= 11 is 5.50. The number of alkyl halides is 1. The first-order valence-corrected chi connectivity index (χ1v) is 4.73. The van der Waals surface area contributed by atoms with E-state index in [0.29, 0.717) is 5.88 Å². The number of hydrogen-bond acceptors (Lipinski definition) is 1. The normalized spacial score (nSPS) is 8.77. The number of hydrogen-bond donors (Lipinski definition) is 1. The molecule has 0 aliphatic rings.